The van der Waals surface area contributed by atoms with Crippen LogP contribution in [-0.2, 0) is 16.1 Å². The van der Waals surface area contributed by atoms with E-state index in [2.05, 4.69) is 15.6 Å². The molecule has 27 heavy (non-hydrogen) atoms. The highest BCUT2D eigenvalue weighted by Crippen LogP contribution is 2.13. The first-order chi connectivity index (χ1) is 12.1. The molecule has 1 heterocycles. The molecule has 0 bridgehead atoms. The Labute approximate surface area is 176 Å². The van der Waals surface area contributed by atoms with Gasteiger partial charge >= 0.3 is 0 Å². The lowest BCUT2D eigenvalue weighted by atomic mass is 10.2. The van der Waals surface area contributed by atoms with E-state index in [9.17, 15) is 9.59 Å². The highest BCUT2D eigenvalue weighted by Gasteiger charge is 2.17. The van der Waals surface area contributed by atoms with Gasteiger partial charge in [-0.3, -0.25) is 14.6 Å². The fourth-order valence-corrected chi connectivity index (χ4v) is 2.37. The fraction of sp³-hybridized carbons (Fsp3) is 0.278. The van der Waals surface area contributed by atoms with Crippen LogP contribution >= 0.6 is 36.4 Å². The summed E-state index contributed by atoms with van der Waals surface area (Å²) in [6, 6.07) is 10.5. The van der Waals surface area contributed by atoms with Crippen LogP contribution in [0.4, 0.5) is 5.69 Å². The molecule has 0 aliphatic rings. The van der Waals surface area contributed by atoms with Gasteiger partial charge in [-0.1, -0.05) is 17.7 Å². The lowest BCUT2D eigenvalue weighted by Crippen LogP contribution is -2.38. The molecular weight excluding hydrogens is 411 g/mol. The maximum atomic E-state index is 12.4. The molecule has 0 radical (unpaired) electrons. The first-order valence-electron chi connectivity index (χ1n) is 7.95. The van der Waals surface area contributed by atoms with Gasteiger partial charge in [-0.2, -0.15) is 0 Å². The number of pyridine rings is 1. The lowest BCUT2D eigenvalue weighted by Gasteiger charge is -2.22. The Morgan fingerprint density at radius 3 is 2.44 bits per heavy atom. The summed E-state index contributed by atoms with van der Waals surface area (Å²) in [5.74, 6) is -0.353. The summed E-state index contributed by atoms with van der Waals surface area (Å²) >= 11 is 5.84. The zero-order valence-corrected chi connectivity index (χ0v) is 17.2. The van der Waals surface area contributed by atoms with E-state index in [1.54, 1.807) is 49.8 Å². The standard InChI is InChI=1S/C18H21ClN4O2.2ClH/c1-20-10-8-18(25)23(12-14-3-2-9-21-11-14)13-17(24)22-16-6-4-15(19)5-7-16;;/h2-7,9,11,20H,8,10,12-13H2,1H3,(H,22,24);2*1H. The lowest BCUT2D eigenvalue weighted by molar-refractivity contribution is -0.135. The second-order valence-corrected chi connectivity index (χ2v) is 5.96. The molecule has 0 spiro atoms. The van der Waals surface area contributed by atoms with Crippen LogP contribution in [0.2, 0.25) is 5.02 Å². The van der Waals surface area contributed by atoms with Crippen LogP contribution in [0, 0.1) is 0 Å². The Morgan fingerprint density at radius 2 is 1.85 bits per heavy atom. The van der Waals surface area contributed by atoms with E-state index in [0.29, 0.717) is 30.2 Å². The summed E-state index contributed by atoms with van der Waals surface area (Å²) in [6.45, 7) is 0.867. The molecule has 148 valence electrons. The van der Waals surface area contributed by atoms with Gasteiger partial charge in [-0.15, -0.1) is 24.8 Å². The molecule has 2 amide bonds. The second kappa shape index (κ2) is 13.3. The molecule has 1 aromatic heterocycles. The largest absolute Gasteiger partial charge is 0.329 e. The van der Waals surface area contributed by atoms with Gasteiger partial charge in [0.2, 0.25) is 11.8 Å². The summed E-state index contributed by atoms with van der Waals surface area (Å²) in [6.07, 6.45) is 3.68. The molecule has 6 nitrogen and oxygen atoms in total. The van der Waals surface area contributed by atoms with E-state index in [1.165, 1.54) is 4.90 Å². The van der Waals surface area contributed by atoms with Crippen LogP contribution in [-0.4, -0.2) is 41.8 Å². The van der Waals surface area contributed by atoms with Gasteiger partial charge in [-0.05, 0) is 42.9 Å². The topological polar surface area (TPSA) is 74.3 Å². The number of hydrogen-bond donors (Lipinski definition) is 2. The van der Waals surface area contributed by atoms with E-state index < -0.39 is 0 Å². The minimum atomic E-state index is -0.260. The van der Waals surface area contributed by atoms with Gasteiger partial charge in [0.15, 0.2) is 0 Å². The highest BCUT2D eigenvalue weighted by molar-refractivity contribution is 6.30. The molecule has 2 N–H and O–H groups in total. The Kier molecular flexibility index (Phi) is 12.4. The zero-order chi connectivity index (χ0) is 18.1. The maximum absolute atomic E-state index is 12.4. The maximum Gasteiger partial charge on any atom is 0.244 e. The number of rotatable bonds is 8. The van der Waals surface area contributed by atoms with E-state index in [1.807, 2.05) is 6.07 Å². The summed E-state index contributed by atoms with van der Waals surface area (Å²) in [5, 5.41) is 6.31. The van der Waals surface area contributed by atoms with Crippen LogP contribution in [0.15, 0.2) is 48.8 Å². The van der Waals surface area contributed by atoms with Crippen LogP contribution in [0.5, 0.6) is 0 Å². The van der Waals surface area contributed by atoms with Crippen LogP contribution in [0.1, 0.15) is 12.0 Å². The number of carbonyl (C=O) groups excluding carboxylic acids is 2. The number of halogens is 3. The van der Waals surface area contributed by atoms with Crippen molar-refractivity contribution in [2.24, 2.45) is 0 Å². The average Bonchev–Trinajstić information content (AvgIpc) is 2.62. The summed E-state index contributed by atoms with van der Waals surface area (Å²) in [7, 11) is 1.78. The monoisotopic (exact) mass is 432 g/mol. The third-order valence-electron chi connectivity index (χ3n) is 3.50. The average molecular weight is 434 g/mol. The van der Waals surface area contributed by atoms with E-state index in [0.717, 1.165) is 5.56 Å². The van der Waals surface area contributed by atoms with Crippen molar-refractivity contribution in [1.29, 1.82) is 0 Å². The molecule has 9 heteroatoms. The molecule has 0 saturated heterocycles. The predicted octanol–water partition coefficient (Wildman–Crippen LogP) is 3.16. The summed E-state index contributed by atoms with van der Waals surface area (Å²) < 4.78 is 0. The number of anilines is 1. The number of aromatic nitrogens is 1. The van der Waals surface area contributed by atoms with Crippen molar-refractivity contribution in [3.8, 4) is 0 Å². The number of hydrogen-bond acceptors (Lipinski definition) is 4. The molecule has 2 aromatic rings. The number of nitrogens with one attached hydrogen (secondary N) is 2. The van der Waals surface area contributed by atoms with Gasteiger partial charge in [0.05, 0.1) is 0 Å². The van der Waals surface area contributed by atoms with Crippen molar-refractivity contribution < 1.29 is 9.59 Å². The zero-order valence-electron chi connectivity index (χ0n) is 14.9. The molecule has 2 rings (SSSR count). The quantitative estimate of drug-likeness (QED) is 0.670. The summed E-state index contributed by atoms with van der Waals surface area (Å²) in [4.78, 5) is 30.3. The number of nitrogens with zero attached hydrogens (tertiary/aromatic N) is 2. The number of amides is 2. The molecule has 0 saturated carbocycles. The molecular formula is C18H23Cl3N4O2. The molecule has 0 aliphatic heterocycles. The molecule has 1 aromatic carbocycles. The highest BCUT2D eigenvalue weighted by atomic mass is 35.5. The van der Waals surface area contributed by atoms with Crippen molar-refractivity contribution in [3.63, 3.8) is 0 Å². The van der Waals surface area contributed by atoms with Crippen molar-refractivity contribution in [1.82, 2.24) is 15.2 Å². The molecule has 0 aliphatic carbocycles. The van der Waals surface area contributed by atoms with Gasteiger partial charge < -0.3 is 15.5 Å². The van der Waals surface area contributed by atoms with Crippen molar-refractivity contribution in [2.45, 2.75) is 13.0 Å². The number of benzene rings is 1. The third-order valence-corrected chi connectivity index (χ3v) is 3.75. The summed E-state index contributed by atoms with van der Waals surface area (Å²) in [5.41, 5.74) is 1.51. The molecule has 0 fully saturated rings. The van der Waals surface area contributed by atoms with Crippen molar-refractivity contribution >= 4 is 53.9 Å². The second-order valence-electron chi connectivity index (χ2n) is 5.52. The first-order valence-corrected chi connectivity index (χ1v) is 8.33. The minimum Gasteiger partial charge on any atom is -0.329 e. The number of carbonyl (C=O) groups is 2. The predicted molar refractivity (Wildman–Crippen MR) is 113 cm³/mol. The Hall–Kier alpha value is -1.86. The molecule has 0 unspecified atom stereocenters. The smallest absolute Gasteiger partial charge is 0.244 e. The third kappa shape index (κ3) is 9.06. The van der Waals surface area contributed by atoms with Crippen LogP contribution < -0.4 is 10.6 Å². The fourth-order valence-electron chi connectivity index (χ4n) is 2.24. The Balaban J connectivity index is 0.00000338. The normalized spacial score (nSPS) is 9.56. The van der Waals surface area contributed by atoms with Gasteiger partial charge in [-0.25, -0.2) is 0 Å². The SMILES string of the molecule is CNCCC(=O)N(CC(=O)Nc1ccc(Cl)cc1)Cc1cccnc1.Cl.Cl. The Morgan fingerprint density at radius 1 is 1.15 bits per heavy atom. The van der Waals surface area contributed by atoms with E-state index >= 15 is 0 Å². The first kappa shape index (κ1) is 25.1. The van der Waals surface area contributed by atoms with Gasteiger partial charge in [0.25, 0.3) is 0 Å². The van der Waals surface area contributed by atoms with E-state index in [4.69, 9.17) is 11.6 Å². The minimum absolute atomic E-state index is 0. The molecule has 0 atom stereocenters. The van der Waals surface area contributed by atoms with Gasteiger partial charge in [0.1, 0.15) is 6.54 Å². The van der Waals surface area contributed by atoms with Crippen LogP contribution in [0.25, 0.3) is 0 Å². The Bertz CT molecular complexity index is 700. The van der Waals surface area contributed by atoms with Gasteiger partial charge in [0, 0.05) is 42.6 Å². The van der Waals surface area contributed by atoms with Crippen LogP contribution in [0.3, 0.4) is 0 Å². The van der Waals surface area contributed by atoms with Crippen molar-refractivity contribution in [2.75, 3.05) is 25.5 Å². The van der Waals surface area contributed by atoms with E-state index in [-0.39, 0.29) is 43.2 Å². The van der Waals surface area contributed by atoms with Crippen molar-refractivity contribution in [3.05, 3.63) is 59.4 Å².